The van der Waals surface area contributed by atoms with Gasteiger partial charge in [0.15, 0.2) is 6.29 Å². The van der Waals surface area contributed by atoms with Crippen molar-refractivity contribution in [2.45, 2.75) is 18.5 Å². The molecule has 4 nitrogen and oxygen atoms in total. The molecular weight excluding hydrogens is 183 g/mol. The quantitative estimate of drug-likeness (QED) is 0.505. The summed E-state index contributed by atoms with van der Waals surface area (Å²) < 4.78 is 10.1. The van der Waals surface area contributed by atoms with Crippen LogP contribution < -0.4 is 0 Å². The van der Waals surface area contributed by atoms with Crippen LogP contribution in [0.3, 0.4) is 0 Å². The molecule has 0 saturated carbocycles. The Morgan fingerprint density at radius 3 is 2.43 bits per heavy atom. The van der Waals surface area contributed by atoms with Crippen molar-refractivity contribution in [2.75, 3.05) is 14.2 Å². The lowest BCUT2D eigenvalue weighted by Gasteiger charge is -2.20. The van der Waals surface area contributed by atoms with Crippen LogP contribution in [-0.4, -0.2) is 37.7 Å². The predicted molar refractivity (Wildman–Crippen MR) is 53.6 cm³/mol. The first-order chi connectivity index (χ1) is 6.69. The van der Waals surface area contributed by atoms with Crippen LogP contribution in [-0.2, 0) is 9.47 Å². The molecule has 0 spiro atoms. The third-order valence-electron chi connectivity index (χ3n) is 2.24. The molecule has 1 aliphatic rings. The smallest absolute Gasteiger partial charge is 0.427 e. The summed E-state index contributed by atoms with van der Waals surface area (Å²) in [5.41, 5.74) is 0.909. The number of methoxy groups -OCH3 is 2. The van der Waals surface area contributed by atoms with Gasteiger partial charge in [-0.1, -0.05) is 18.2 Å². The number of allylic oxidation sites excluding steroid dienone is 2. The van der Waals surface area contributed by atoms with Gasteiger partial charge in [-0.15, -0.1) is 0 Å². The Bertz CT molecular complexity index is 233. The molecule has 1 atom stereocenters. The number of hydrogen-bond donors (Lipinski definition) is 2. The molecule has 0 aliphatic heterocycles. The fourth-order valence-corrected chi connectivity index (χ4v) is 1.42. The molecule has 14 heavy (non-hydrogen) atoms. The lowest BCUT2D eigenvalue weighted by Crippen LogP contribution is -2.22. The Kier molecular flexibility index (Phi) is 4.35. The molecule has 0 radical (unpaired) electrons. The molecule has 2 N–H and O–H groups in total. The summed E-state index contributed by atoms with van der Waals surface area (Å²) in [4.78, 5) is 0. The van der Waals surface area contributed by atoms with E-state index in [0.29, 0.717) is 6.42 Å². The molecule has 0 bridgehead atoms. The Labute approximate surface area is 84.0 Å². The van der Waals surface area contributed by atoms with Crippen molar-refractivity contribution in [3.8, 4) is 0 Å². The van der Waals surface area contributed by atoms with E-state index in [4.69, 9.17) is 19.5 Å². The molecule has 0 amide bonds. The summed E-state index contributed by atoms with van der Waals surface area (Å²) in [6, 6.07) is 0. The molecule has 0 fully saturated rings. The summed E-state index contributed by atoms with van der Waals surface area (Å²) >= 11 is 0. The highest BCUT2D eigenvalue weighted by molar-refractivity contribution is 6.44. The first-order valence-corrected chi connectivity index (χ1v) is 4.49. The van der Waals surface area contributed by atoms with Crippen LogP contribution in [0.2, 0.25) is 5.82 Å². The first-order valence-electron chi connectivity index (χ1n) is 4.49. The summed E-state index contributed by atoms with van der Waals surface area (Å²) in [7, 11) is 1.83. The minimum Gasteiger partial charge on any atom is -0.427 e. The topological polar surface area (TPSA) is 58.9 Å². The summed E-state index contributed by atoms with van der Waals surface area (Å²) in [5.74, 6) is -0.229. The van der Waals surface area contributed by atoms with E-state index < -0.39 is 7.12 Å². The van der Waals surface area contributed by atoms with E-state index in [1.165, 1.54) is 0 Å². The van der Waals surface area contributed by atoms with E-state index in [0.717, 1.165) is 5.57 Å². The first kappa shape index (κ1) is 11.5. The summed E-state index contributed by atoms with van der Waals surface area (Å²) in [6.07, 6.45) is 5.66. The maximum Gasteiger partial charge on any atom is 0.459 e. The van der Waals surface area contributed by atoms with E-state index in [1.807, 2.05) is 6.08 Å². The van der Waals surface area contributed by atoms with Crippen molar-refractivity contribution in [3.63, 3.8) is 0 Å². The highest BCUT2D eigenvalue weighted by Crippen LogP contribution is 2.24. The average Bonchev–Trinajstić information content (AvgIpc) is 2.20. The molecule has 0 heterocycles. The van der Waals surface area contributed by atoms with Gasteiger partial charge in [-0.2, -0.15) is 0 Å². The molecule has 0 aromatic heterocycles. The molecule has 5 heteroatoms. The Morgan fingerprint density at radius 2 is 2.07 bits per heavy atom. The van der Waals surface area contributed by atoms with Gasteiger partial charge in [-0.3, -0.25) is 0 Å². The zero-order valence-corrected chi connectivity index (χ0v) is 8.38. The van der Waals surface area contributed by atoms with Crippen LogP contribution in [0.4, 0.5) is 0 Å². The highest BCUT2D eigenvalue weighted by Gasteiger charge is 2.23. The van der Waals surface area contributed by atoms with E-state index in [9.17, 15) is 0 Å². The Balaban J connectivity index is 2.58. The van der Waals surface area contributed by atoms with Crippen molar-refractivity contribution in [2.24, 2.45) is 0 Å². The maximum atomic E-state index is 8.93. The third kappa shape index (κ3) is 2.68. The fourth-order valence-electron chi connectivity index (χ4n) is 1.42. The highest BCUT2D eigenvalue weighted by atomic mass is 16.7. The molecule has 78 valence electrons. The minimum absolute atomic E-state index is 0.229. The number of rotatable bonds is 4. The van der Waals surface area contributed by atoms with Gasteiger partial charge in [0.1, 0.15) is 0 Å². The van der Waals surface area contributed by atoms with Crippen molar-refractivity contribution in [1.29, 1.82) is 0 Å². The predicted octanol–water partition coefficient (Wildman–Crippen LogP) is 0.335. The van der Waals surface area contributed by atoms with Crippen molar-refractivity contribution in [1.82, 2.24) is 0 Å². The van der Waals surface area contributed by atoms with Crippen molar-refractivity contribution in [3.05, 3.63) is 23.8 Å². The van der Waals surface area contributed by atoms with Gasteiger partial charge in [0, 0.05) is 25.6 Å². The van der Waals surface area contributed by atoms with Crippen LogP contribution in [0.5, 0.6) is 0 Å². The van der Waals surface area contributed by atoms with Crippen LogP contribution >= 0.6 is 0 Å². The Hall–Kier alpha value is -0.615. The fraction of sp³-hybridized carbons (Fsp3) is 0.556. The molecule has 1 unspecified atom stereocenters. The average molecular weight is 198 g/mol. The normalized spacial score (nSPS) is 21.2. The zero-order valence-electron chi connectivity index (χ0n) is 8.38. The van der Waals surface area contributed by atoms with E-state index in [2.05, 4.69) is 0 Å². The van der Waals surface area contributed by atoms with Gasteiger partial charge in [-0.25, -0.2) is 0 Å². The monoisotopic (exact) mass is 198 g/mol. The molecular formula is C9H15BO4. The van der Waals surface area contributed by atoms with Gasteiger partial charge < -0.3 is 19.5 Å². The maximum absolute atomic E-state index is 8.93. The zero-order chi connectivity index (χ0) is 10.6. The molecule has 0 aromatic carbocycles. The van der Waals surface area contributed by atoms with Crippen LogP contribution in [0, 0.1) is 0 Å². The van der Waals surface area contributed by atoms with Gasteiger partial charge in [0.25, 0.3) is 0 Å². The second kappa shape index (κ2) is 5.31. The Morgan fingerprint density at radius 1 is 1.43 bits per heavy atom. The lowest BCUT2D eigenvalue weighted by molar-refractivity contribution is -0.0728. The van der Waals surface area contributed by atoms with Crippen molar-refractivity contribution >= 4 is 7.12 Å². The summed E-state index contributed by atoms with van der Waals surface area (Å²) in [6.45, 7) is 0. The molecule has 0 aromatic rings. The van der Waals surface area contributed by atoms with E-state index in [-0.39, 0.29) is 12.1 Å². The number of ether oxygens (including phenoxy) is 2. The molecule has 1 aliphatic carbocycles. The second-order valence-corrected chi connectivity index (χ2v) is 3.18. The van der Waals surface area contributed by atoms with Gasteiger partial charge >= 0.3 is 7.12 Å². The van der Waals surface area contributed by atoms with Gasteiger partial charge in [0.2, 0.25) is 0 Å². The van der Waals surface area contributed by atoms with Crippen LogP contribution in [0.25, 0.3) is 0 Å². The SMILES string of the molecule is COC(OC)C1=CCC(B(O)O)C=C1. The van der Waals surface area contributed by atoms with Crippen LogP contribution in [0.15, 0.2) is 23.8 Å². The summed E-state index contributed by atoms with van der Waals surface area (Å²) in [5, 5.41) is 17.9. The third-order valence-corrected chi connectivity index (χ3v) is 2.24. The van der Waals surface area contributed by atoms with Gasteiger partial charge in [-0.05, 0) is 6.42 Å². The van der Waals surface area contributed by atoms with Crippen LogP contribution in [0.1, 0.15) is 6.42 Å². The lowest BCUT2D eigenvalue weighted by atomic mass is 9.69. The largest absolute Gasteiger partial charge is 0.459 e. The van der Waals surface area contributed by atoms with Crippen molar-refractivity contribution < 1.29 is 19.5 Å². The second-order valence-electron chi connectivity index (χ2n) is 3.18. The van der Waals surface area contributed by atoms with E-state index in [1.54, 1.807) is 26.4 Å². The van der Waals surface area contributed by atoms with E-state index >= 15 is 0 Å². The van der Waals surface area contributed by atoms with Gasteiger partial charge in [0.05, 0.1) is 0 Å². The molecule has 1 rings (SSSR count). The standard InChI is InChI=1S/C9H15BO4/c1-13-9(14-2)7-3-5-8(6-4-7)10(11)12/h3-5,8-9,11-12H,6H2,1-2H3. The minimum atomic E-state index is -1.30. The molecule has 0 saturated heterocycles. The number of hydrogen-bond acceptors (Lipinski definition) is 4.